The molecule has 33 heavy (non-hydrogen) atoms. The molecule has 0 spiro atoms. The van der Waals surface area contributed by atoms with E-state index in [0.717, 1.165) is 21.3 Å². The van der Waals surface area contributed by atoms with Crippen molar-refractivity contribution in [1.82, 2.24) is 9.97 Å². The number of rotatable bonds is 7. The van der Waals surface area contributed by atoms with Crippen LogP contribution in [0, 0.1) is 0 Å². The van der Waals surface area contributed by atoms with Crippen LogP contribution in [0.3, 0.4) is 0 Å². The fourth-order valence-corrected chi connectivity index (χ4v) is 5.21. The first-order valence-corrected chi connectivity index (χ1v) is 12.9. The Bertz CT molecular complexity index is 1230. The molecular formula is C23H23N5O3S2. The molecule has 2 N–H and O–H groups in total. The first kappa shape index (κ1) is 22.8. The second kappa shape index (κ2) is 10.1. The third-order valence-corrected chi connectivity index (χ3v) is 7.55. The van der Waals surface area contributed by atoms with E-state index in [9.17, 15) is 13.2 Å². The summed E-state index contributed by atoms with van der Waals surface area (Å²) in [5.74, 6) is 0.611. The summed E-state index contributed by atoms with van der Waals surface area (Å²) >= 11 is 1.49. The Balaban J connectivity index is 1.37. The van der Waals surface area contributed by atoms with Crippen molar-refractivity contribution >= 4 is 50.5 Å². The maximum Gasteiger partial charge on any atom is 0.247 e. The van der Waals surface area contributed by atoms with E-state index >= 15 is 0 Å². The standard InChI is InChI=1S/C23H23N5O3S2/c1-2-21(29)25-17-5-9-20(10-6-17)32-22-11-12-24-23(27-22)26-18-3-7-19(8-4-18)28-13-15-33(30,31)16-14-28/h2-12H,1,13-16H2,(H,25,29)(H,24,26,27). The van der Waals surface area contributed by atoms with Crippen LogP contribution in [-0.4, -0.2) is 48.9 Å². The highest BCUT2D eigenvalue weighted by Gasteiger charge is 2.21. The maximum absolute atomic E-state index is 11.6. The lowest BCUT2D eigenvalue weighted by molar-refractivity contribution is -0.111. The van der Waals surface area contributed by atoms with Gasteiger partial charge in [0.15, 0.2) is 9.84 Å². The number of aromatic nitrogens is 2. The molecule has 2 aromatic carbocycles. The van der Waals surface area contributed by atoms with Crippen LogP contribution in [0.25, 0.3) is 0 Å². The lowest BCUT2D eigenvalue weighted by Crippen LogP contribution is -2.40. The molecule has 1 aromatic heterocycles. The predicted molar refractivity (Wildman–Crippen MR) is 132 cm³/mol. The van der Waals surface area contributed by atoms with Crippen molar-refractivity contribution < 1.29 is 13.2 Å². The molecule has 1 fully saturated rings. The van der Waals surface area contributed by atoms with E-state index in [1.54, 1.807) is 6.20 Å². The van der Waals surface area contributed by atoms with Crippen LogP contribution < -0.4 is 15.5 Å². The average Bonchev–Trinajstić information content (AvgIpc) is 2.81. The van der Waals surface area contributed by atoms with E-state index in [0.29, 0.717) is 24.7 Å². The summed E-state index contributed by atoms with van der Waals surface area (Å²) in [6.07, 6.45) is 2.92. The fourth-order valence-electron chi connectivity index (χ4n) is 3.23. The minimum Gasteiger partial charge on any atom is -0.369 e. The molecule has 8 nitrogen and oxygen atoms in total. The topological polar surface area (TPSA) is 104 Å². The number of benzene rings is 2. The third kappa shape index (κ3) is 6.33. The first-order chi connectivity index (χ1) is 15.9. The van der Waals surface area contributed by atoms with E-state index < -0.39 is 9.84 Å². The predicted octanol–water partition coefficient (Wildman–Crippen LogP) is 3.73. The lowest BCUT2D eigenvalue weighted by atomic mass is 10.2. The minimum absolute atomic E-state index is 0.192. The molecule has 0 radical (unpaired) electrons. The van der Waals surface area contributed by atoms with Gasteiger partial charge in [-0.15, -0.1) is 0 Å². The summed E-state index contributed by atoms with van der Waals surface area (Å²) in [7, 11) is -2.90. The van der Waals surface area contributed by atoms with Crippen LogP contribution in [0.15, 0.2) is 83.4 Å². The van der Waals surface area contributed by atoms with E-state index in [4.69, 9.17) is 0 Å². The van der Waals surface area contributed by atoms with E-state index in [1.807, 2.05) is 54.6 Å². The third-order valence-electron chi connectivity index (χ3n) is 4.99. The van der Waals surface area contributed by atoms with Crippen molar-refractivity contribution in [2.24, 2.45) is 0 Å². The number of nitrogens with one attached hydrogen (secondary N) is 2. The maximum atomic E-state index is 11.6. The summed E-state index contributed by atoms with van der Waals surface area (Å²) in [5.41, 5.74) is 2.53. The van der Waals surface area contributed by atoms with Crippen molar-refractivity contribution in [1.29, 1.82) is 0 Å². The second-order valence-electron chi connectivity index (χ2n) is 7.35. The molecule has 1 aliphatic rings. The molecule has 4 rings (SSSR count). The smallest absolute Gasteiger partial charge is 0.247 e. The Kier molecular flexibility index (Phi) is 6.95. The Morgan fingerprint density at radius 1 is 1.00 bits per heavy atom. The summed E-state index contributed by atoms with van der Waals surface area (Å²) in [6, 6.07) is 17.1. The van der Waals surface area contributed by atoms with Gasteiger partial charge in [-0.05, 0) is 60.7 Å². The number of hydrogen-bond donors (Lipinski definition) is 2. The zero-order valence-corrected chi connectivity index (χ0v) is 19.4. The Hall–Kier alpha value is -3.37. The number of sulfone groups is 1. The Morgan fingerprint density at radius 2 is 1.67 bits per heavy atom. The molecule has 0 bridgehead atoms. The van der Waals surface area contributed by atoms with Gasteiger partial charge in [-0.2, -0.15) is 0 Å². The highest BCUT2D eigenvalue weighted by molar-refractivity contribution is 7.99. The molecule has 0 atom stereocenters. The van der Waals surface area contributed by atoms with Gasteiger partial charge in [-0.3, -0.25) is 4.79 Å². The van der Waals surface area contributed by atoms with Gasteiger partial charge < -0.3 is 15.5 Å². The number of hydrogen-bond acceptors (Lipinski definition) is 8. The van der Waals surface area contributed by atoms with Crippen molar-refractivity contribution in [2.45, 2.75) is 9.92 Å². The van der Waals surface area contributed by atoms with Crippen molar-refractivity contribution in [3.05, 3.63) is 73.4 Å². The summed E-state index contributed by atoms with van der Waals surface area (Å²) in [4.78, 5) is 23.3. The molecule has 0 saturated carbocycles. The van der Waals surface area contributed by atoms with Gasteiger partial charge in [-0.1, -0.05) is 18.3 Å². The Labute approximate surface area is 197 Å². The molecule has 2 heterocycles. The molecule has 10 heteroatoms. The number of carbonyl (C=O) groups excluding carboxylic acids is 1. The van der Waals surface area contributed by atoms with Crippen LogP contribution in [0.5, 0.6) is 0 Å². The molecule has 0 unspecified atom stereocenters. The van der Waals surface area contributed by atoms with Crippen LogP contribution in [0.4, 0.5) is 23.0 Å². The quantitative estimate of drug-likeness (QED) is 0.389. The zero-order chi connectivity index (χ0) is 23.3. The SMILES string of the molecule is C=CC(=O)Nc1ccc(Sc2ccnc(Nc3ccc(N4CCS(=O)(=O)CC4)cc3)n2)cc1. The van der Waals surface area contributed by atoms with Gasteiger partial charge in [0.2, 0.25) is 11.9 Å². The molecule has 1 aliphatic heterocycles. The number of carbonyl (C=O) groups is 1. The summed E-state index contributed by atoms with van der Waals surface area (Å²) < 4.78 is 23.2. The molecule has 170 valence electrons. The van der Waals surface area contributed by atoms with Crippen LogP contribution in [0.1, 0.15) is 0 Å². The van der Waals surface area contributed by atoms with Crippen molar-refractivity contribution in [2.75, 3.05) is 40.1 Å². The largest absolute Gasteiger partial charge is 0.369 e. The number of amides is 1. The lowest BCUT2D eigenvalue weighted by Gasteiger charge is -2.28. The van der Waals surface area contributed by atoms with Gasteiger partial charge in [0, 0.05) is 41.2 Å². The minimum atomic E-state index is -2.90. The summed E-state index contributed by atoms with van der Waals surface area (Å²) in [6.45, 7) is 4.47. The highest BCUT2D eigenvalue weighted by Crippen LogP contribution is 2.28. The number of nitrogens with zero attached hydrogens (tertiary/aromatic N) is 3. The molecule has 0 aliphatic carbocycles. The number of anilines is 4. The van der Waals surface area contributed by atoms with Gasteiger partial charge in [0.25, 0.3) is 0 Å². The van der Waals surface area contributed by atoms with Gasteiger partial charge >= 0.3 is 0 Å². The van der Waals surface area contributed by atoms with Crippen molar-refractivity contribution in [3.8, 4) is 0 Å². The normalized spacial score (nSPS) is 15.0. The molecular weight excluding hydrogens is 458 g/mol. The van der Waals surface area contributed by atoms with Gasteiger partial charge in [0.05, 0.1) is 11.5 Å². The highest BCUT2D eigenvalue weighted by atomic mass is 32.2. The van der Waals surface area contributed by atoms with Gasteiger partial charge in [0.1, 0.15) is 5.03 Å². The van der Waals surface area contributed by atoms with E-state index in [1.165, 1.54) is 17.8 Å². The monoisotopic (exact) mass is 481 g/mol. The molecule has 3 aromatic rings. The van der Waals surface area contributed by atoms with E-state index in [-0.39, 0.29) is 17.4 Å². The molecule has 1 amide bonds. The fraction of sp³-hybridized carbons (Fsp3) is 0.174. The van der Waals surface area contributed by atoms with Crippen LogP contribution in [-0.2, 0) is 14.6 Å². The first-order valence-electron chi connectivity index (χ1n) is 10.3. The van der Waals surface area contributed by atoms with Crippen molar-refractivity contribution in [3.63, 3.8) is 0 Å². The summed E-state index contributed by atoms with van der Waals surface area (Å²) in [5, 5.41) is 6.70. The zero-order valence-electron chi connectivity index (χ0n) is 17.8. The van der Waals surface area contributed by atoms with Crippen LogP contribution >= 0.6 is 11.8 Å². The van der Waals surface area contributed by atoms with Gasteiger partial charge in [-0.25, -0.2) is 18.4 Å². The Morgan fingerprint density at radius 3 is 2.33 bits per heavy atom. The van der Waals surface area contributed by atoms with Crippen LogP contribution in [0.2, 0.25) is 0 Å². The van der Waals surface area contributed by atoms with E-state index in [2.05, 4.69) is 32.1 Å². The second-order valence-corrected chi connectivity index (χ2v) is 10.7. The molecule has 1 saturated heterocycles. The average molecular weight is 482 g/mol.